The quantitative estimate of drug-likeness (QED) is 0.179. The molecule has 0 amide bonds. The summed E-state index contributed by atoms with van der Waals surface area (Å²) in [6.45, 7) is 0. The Morgan fingerprint density at radius 3 is 1.94 bits per heavy atom. The largest absolute Gasteiger partial charge is 0.310 e. The van der Waals surface area contributed by atoms with Crippen LogP contribution in [0, 0.1) is 0 Å². The molecule has 0 spiro atoms. The van der Waals surface area contributed by atoms with Gasteiger partial charge in [0.25, 0.3) is 0 Å². The third-order valence-corrected chi connectivity index (χ3v) is 8.71. The molecule has 0 atom stereocenters. The van der Waals surface area contributed by atoms with Crippen LogP contribution in [0.1, 0.15) is 12.3 Å². The lowest BCUT2D eigenvalue weighted by atomic mass is 10.0. The Kier molecular flexibility index (Phi) is 4.90. The second-order valence-corrected chi connectivity index (χ2v) is 11.6. The summed E-state index contributed by atoms with van der Waals surface area (Å²) in [5.41, 5.74) is 4.78. The zero-order valence-electron chi connectivity index (χ0n) is 34.7. The smallest absolute Gasteiger partial charge is 0.0645 e. The van der Waals surface area contributed by atoms with Crippen LogP contribution < -0.4 is 4.90 Å². The first kappa shape index (κ1) is 20.0. The average Bonchev–Trinajstić information content (AvgIpc) is 3.57. The molecule has 9 aromatic rings. The van der Waals surface area contributed by atoms with Crippen LogP contribution in [0.5, 0.6) is 0 Å². The van der Waals surface area contributed by atoms with E-state index in [9.17, 15) is 5.48 Å². The summed E-state index contributed by atoms with van der Waals surface area (Å²) < 4.78 is 82.9. The second kappa shape index (κ2) is 11.8. The van der Waals surface area contributed by atoms with Crippen molar-refractivity contribution in [3.8, 4) is 27.9 Å². The van der Waals surface area contributed by atoms with E-state index < -0.39 is 42.3 Å². The molecule has 0 fully saturated rings. The van der Waals surface area contributed by atoms with E-state index in [2.05, 4.69) is 41.0 Å². The minimum atomic E-state index is -0.585. The molecule has 0 radical (unpaired) electrons. The molecular formula is C46H32N2. The Hall–Kier alpha value is -6.38. The molecular weight excluding hydrogens is 581 g/mol. The van der Waals surface area contributed by atoms with Crippen molar-refractivity contribution in [1.82, 2.24) is 4.57 Å². The Morgan fingerprint density at radius 2 is 1.08 bits per heavy atom. The summed E-state index contributed by atoms with van der Waals surface area (Å²) in [5, 5.41) is 4.06. The van der Waals surface area contributed by atoms with Crippen LogP contribution in [0.15, 0.2) is 194 Å². The van der Waals surface area contributed by atoms with Crippen LogP contribution in [0.4, 0.5) is 17.1 Å². The lowest BCUT2D eigenvalue weighted by Gasteiger charge is -2.26. The fraction of sp³-hybridized carbons (Fsp3) is 0. The maximum Gasteiger partial charge on any atom is 0.0645 e. The van der Waals surface area contributed by atoms with Gasteiger partial charge in [-0.25, -0.2) is 0 Å². The van der Waals surface area contributed by atoms with Crippen molar-refractivity contribution in [2.45, 2.75) is 0 Å². The number of nitrogens with zero attached hydrogens (tertiary/aromatic N) is 2. The SMILES string of the molecule is [2H]c1c([2H])c([2H])c(N(c2cccc(-c3ccccc3)c2)c2c([2H])c([2H])c(-c3ccc4c(c3)c3ccccc3n4-c3ccc4ccccc4c3)c([2H])c2[2H])c([2H])c1[2H]. The molecule has 2 nitrogen and oxygen atoms in total. The minimum absolute atomic E-state index is 0.0808. The number of para-hydroxylation sites is 2. The predicted molar refractivity (Wildman–Crippen MR) is 204 cm³/mol. The fourth-order valence-electron chi connectivity index (χ4n) is 6.46. The van der Waals surface area contributed by atoms with Crippen LogP contribution >= 0.6 is 0 Å². The molecule has 0 aliphatic rings. The van der Waals surface area contributed by atoms with E-state index >= 15 is 0 Å². The van der Waals surface area contributed by atoms with Crippen LogP contribution in [0.2, 0.25) is 0 Å². The monoisotopic (exact) mass is 621 g/mol. The van der Waals surface area contributed by atoms with Crippen molar-refractivity contribution in [2.24, 2.45) is 0 Å². The van der Waals surface area contributed by atoms with Gasteiger partial charge < -0.3 is 9.47 Å². The third-order valence-electron chi connectivity index (χ3n) is 8.71. The highest BCUT2D eigenvalue weighted by Crippen LogP contribution is 2.39. The van der Waals surface area contributed by atoms with Gasteiger partial charge in [0.05, 0.1) is 23.4 Å². The maximum atomic E-state index is 9.45. The minimum Gasteiger partial charge on any atom is -0.310 e. The van der Waals surface area contributed by atoms with Crippen molar-refractivity contribution in [2.75, 3.05) is 4.90 Å². The zero-order valence-corrected chi connectivity index (χ0v) is 25.7. The molecule has 8 aromatic carbocycles. The maximum absolute atomic E-state index is 9.45. The highest BCUT2D eigenvalue weighted by molar-refractivity contribution is 6.10. The van der Waals surface area contributed by atoms with E-state index in [-0.39, 0.29) is 29.0 Å². The van der Waals surface area contributed by atoms with E-state index in [0.717, 1.165) is 49.4 Å². The number of aromatic nitrogens is 1. The van der Waals surface area contributed by atoms with E-state index in [1.807, 2.05) is 78.9 Å². The van der Waals surface area contributed by atoms with Gasteiger partial charge in [-0.05, 0) is 99.7 Å². The van der Waals surface area contributed by atoms with Gasteiger partial charge >= 0.3 is 0 Å². The van der Waals surface area contributed by atoms with Crippen molar-refractivity contribution in [1.29, 1.82) is 0 Å². The van der Waals surface area contributed by atoms with Gasteiger partial charge in [0, 0.05) is 33.5 Å². The lowest BCUT2D eigenvalue weighted by Crippen LogP contribution is -2.09. The van der Waals surface area contributed by atoms with E-state index in [1.165, 1.54) is 4.90 Å². The predicted octanol–water partition coefficient (Wildman–Crippen LogP) is 12.7. The highest BCUT2D eigenvalue weighted by atomic mass is 15.1. The molecule has 1 aromatic heterocycles. The van der Waals surface area contributed by atoms with Crippen molar-refractivity contribution < 1.29 is 12.3 Å². The Labute approximate surface area is 293 Å². The first-order chi connectivity index (χ1) is 27.5. The molecule has 0 aliphatic heterocycles. The number of anilines is 3. The lowest BCUT2D eigenvalue weighted by molar-refractivity contribution is 1.19. The fourth-order valence-corrected chi connectivity index (χ4v) is 6.46. The average molecular weight is 622 g/mol. The molecule has 9 rings (SSSR count). The summed E-state index contributed by atoms with van der Waals surface area (Å²) in [6, 6.07) is 40.3. The summed E-state index contributed by atoms with van der Waals surface area (Å²) in [5.74, 6) is 0. The molecule has 48 heavy (non-hydrogen) atoms. The van der Waals surface area contributed by atoms with Gasteiger partial charge in [-0.2, -0.15) is 0 Å². The molecule has 226 valence electrons. The normalized spacial score (nSPS) is 14.0. The number of benzene rings is 8. The summed E-state index contributed by atoms with van der Waals surface area (Å²) in [7, 11) is 0. The molecule has 2 heteroatoms. The molecule has 0 saturated carbocycles. The van der Waals surface area contributed by atoms with Gasteiger partial charge in [-0.15, -0.1) is 0 Å². The summed E-state index contributed by atoms with van der Waals surface area (Å²) in [6.07, 6.45) is 0. The van der Waals surface area contributed by atoms with E-state index in [0.29, 0.717) is 11.3 Å². The summed E-state index contributed by atoms with van der Waals surface area (Å²) in [4.78, 5) is 1.26. The van der Waals surface area contributed by atoms with Gasteiger partial charge in [-0.1, -0.05) is 127 Å². The number of hydrogen-bond acceptors (Lipinski definition) is 1. The zero-order chi connectivity index (χ0) is 39.7. The Bertz CT molecular complexity index is 3030. The Balaban J connectivity index is 1.26. The first-order valence-electron chi connectivity index (χ1n) is 20.2. The topological polar surface area (TPSA) is 8.17 Å². The highest BCUT2D eigenvalue weighted by Gasteiger charge is 2.16. The van der Waals surface area contributed by atoms with Gasteiger partial charge in [0.2, 0.25) is 0 Å². The van der Waals surface area contributed by atoms with Gasteiger partial charge in [0.1, 0.15) is 0 Å². The van der Waals surface area contributed by atoms with E-state index in [4.69, 9.17) is 6.85 Å². The van der Waals surface area contributed by atoms with Gasteiger partial charge in [0.15, 0.2) is 0 Å². The molecule has 0 bridgehead atoms. The van der Waals surface area contributed by atoms with Crippen LogP contribution in [-0.4, -0.2) is 4.57 Å². The van der Waals surface area contributed by atoms with Crippen LogP contribution in [0.25, 0.3) is 60.5 Å². The van der Waals surface area contributed by atoms with Crippen molar-refractivity contribution >= 4 is 49.6 Å². The molecule has 0 unspecified atom stereocenters. The third kappa shape index (κ3) is 4.92. The molecule has 0 saturated heterocycles. The standard InChI is InChI=1S/C46H32N2/c1-3-12-33(13-4-1)37-16-11-19-41(30-37)47(39-17-5-2-6-18-39)40-26-22-35(23-27-40)38-25-29-46-44(32-38)43-20-9-10-21-45(43)48(46)42-28-24-34-14-7-8-15-36(34)31-42/h1-32H/i2D,5D,6D,17D,18D,22D,23D,26D,27D. The molecule has 0 N–H and O–H groups in total. The Morgan fingerprint density at radius 1 is 0.396 bits per heavy atom. The van der Waals surface area contributed by atoms with E-state index in [1.54, 1.807) is 24.3 Å². The molecule has 1 heterocycles. The molecule has 0 aliphatic carbocycles. The number of rotatable bonds is 6. The number of fused-ring (bicyclic) bond motifs is 4. The van der Waals surface area contributed by atoms with Crippen molar-refractivity contribution in [3.63, 3.8) is 0 Å². The second-order valence-electron chi connectivity index (χ2n) is 11.6. The summed E-state index contributed by atoms with van der Waals surface area (Å²) >= 11 is 0. The van der Waals surface area contributed by atoms with Gasteiger partial charge in [-0.3, -0.25) is 0 Å². The first-order valence-corrected chi connectivity index (χ1v) is 15.7. The van der Waals surface area contributed by atoms with Crippen molar-refractivity contribution in [3.05, 3.63) is 194 Å². The number of hydrogen-bond donors (Lipinski definition) is 0. The van der Waals surface area contributed by atoms with Crippen LogP contribution in [0.3, 0.4) is 0 Å². The van der Waals surface area contributed by atoms with Crippen LogP contribution in [-0.2, 0) is 0 Å².